The van der Waals surface area contributed by atoms with Crippen LogP contribution in [0.3, 0.4) is 0 Å². The first-order chi connectivity index (χ1) is 16.1. The summed E-state index contributed by atoms with van der Waals surface area (Å²) in [5.74, 6) is -1.55. The van der Waals surface area contributed by atoms with E-state index in [0.717, 1.165) is 11.4 Å². The Hall–Kier alpha value is -4.48. The van der Waals surface area contributed by atoms with E-state index in [1.165, 1.54) is 33.6 Å². The molecule has 1 aromatic carbocycles. The van der Waals surface area contributed by atoms with Crippen LogP contribution in [-0.2, 0) is 33.2 Å². The molecular weight excluding hydrogens is 444 g/mol. The predicted molar refractivity (Wildman–Crippen MR) is 120 cm³/mol. The highest BCUT2D eigenvalue weighted by molar-refractivity contribution is 5.97. The van der Waals surface area contributed by atoms with Crippen molar-refractivity contribution < 1.29 is 28.7 Å². The number of rotatable bonds is 8. The lowest BCUT2D eigenvalue weighted by Crippen LogP contribution is -2.22. The van der Waals surface area contributed by atoms with Crippen LogP contribution in [0.5, 0.6) is 0 Å². The molecule has 3 rings (SSSR count). The van der Waals surface area contributed by atoms with E-state index in [1.54, 1.807) is 40.1 Å². The Morgan fingerprint density at radius 1 is 0.735 bits per heavy atom. The summed E-state index contributed by atoms with van der Waals surface area (Å²) in [4.78, 5) is 48.3. The summed E-state index contributed by atoms with van der Waals surface area (Å²) < 4.78 is 13.0. The molecule has 0 aliphatic rings. The van der Waals surface area contributed by atoms with E-state index < -0.39 is 37.0 Å². The van der Waals surface area contributed by atoms with Crippen molar-refractivity contribution in [2.24, 2.45) is 14.1 Å². The molecule has 2 aromatic heterocycles. The number of aromatic nitrogens is 4. The maximum atomic E-state index is 12.2. The van der Waals surface area contributed by atoms with Crippen LogP contribution in [0.4, 0.5) is 11.6 Å². The van der Waals surface area contributed by atoms with Crippen LogP contribution in [0.1, 0.15) is 32.1 Å². The number of nitrogens with one attached hydrogen (secondary N) is 2. The van der Waals surface area contributed by atoms with Crippen molar-refractivity contribution in [2.45, 2.75) is 13.8 Å². The Morgan fingerprint density at radius 2 is 1.09 bits per heavy atom. The van der Waals surface area contributed by atoms with Gasteiger partial charge in [-0.25, -0.2) is 9.59 Å². The maximum Gasteiger partial charge on any atom is 0.338 e. The van der Waals surface area contributed by atoms with E-state index in [2.05, 4.69) is 20.8 Å². The highest BCUT2D eigenvalue weighted by Gasteiger charge is 2.15. The Morgan fingerprint density at radius 3 is 1.38 bits per heavy atom. The summed E-state index contributed by atoms with van der Waals surface area (Å²) in [5, 5.41) is 13.4. The molecule has 0 aliphatic carbocycles. The van der Waals surface area contributed by atoms with Crippen LogP contribution in [0.25, 0.3) is 0 Å². The number of hydrogen-bond acceptors (Lipinski definition) is 8. The van der Waals surface area contributed by atoms with Crippen LogP contribution >= 0.6 is 0 Å². The first-order valence-electron chi connectivity index (χ1n) is 10.2. The number of nitrogens with zero attached hydrogens (tertiary/aromatic N) is 4. The third kappa shape index (κ3) is 6.28. The van der Waals surface area contributed by atoms with E-state index in [0.29, 0.717) is 11.6 Å². The zero-order valence-corrected chi connectivity index (χ0v) is 19.1. The van der Waals surface area contributed by atoms with Gasteiger partial charge in [-0.2, -0.15) is 10.2 Å². The van der Waals surface area contributed by atoms with Crippen molar-refractivity contribution >= 4 is 35.4 Å². The van der Waals surface area contributed by atoms with Gasteiger partial charge in [-0.1, -0.05) is 0 Å². The largest absolute Gasteiger partial charge is 0.452 e. The highest BCUT2D eigenvalue weighted by Crippen LogP contribution is 2.11. The number of ether oxygens (including phenoxy) is 2. The van der Waals surface area contributed by atoms with E-state index in [-0.39, 0.29) is 11.1 Å². The Kier molecular flexibility index (Phi) is 7.41. The molecule has 12 nitrogen and oxygen atoms in total. The summed E-state index contributed by atoms with van der Waals surface area (Å²) in [6.45, 7) is 2.59. The quantitative estimate of drug-likeness (QED) is 0.471. The molecule has 2 amide bonds. The summed E-state index contributed by atoms with van der Waals surface area (Å²) >= 11 is 0. The van der Waals surface area contributed by atoms with Crippen LogP contribution in [-0.4, -0.2) is 56.5 Å². The molecule has 0 radical (unpaired) electrons. The molecule has 0 saturated heterocycles. The number of carbonyl (C=O) groups excluding carboxylic acids is 4. The minimum absolute atomic E-state index is 0.144. The van der Waals surface area contributed by atoms with Gasteiger partial charge in [0.25, 0.3) is 11.8 Å². The molecule has 0 fully saturated rings. The Bertz CT molecular complexity index is 1130. The Balaban J connectivity index is 1.45. The number of carbonyl (C=O) groups is 4. The number of esters is 2. The lowest BCUT2D eigenvalue weighted by atomic mass is 10.1. The van der Waals surface area contributed by atoms with Crippen LogP contribution in [0.2, 0.25) is 0 Å². The number of amides is 2. The number of anilines is 2. The molecule has 3 aromatic rings. The molecule has 0 aliphatic heterocycles. The summed E-state index contributed by atoms with van der Waals surface area (Å²) in [7, 11) is 3.35. The average Bonchev–Trinajstić information content (AvgIpc) is 3.28. The molecule has 34 heavy (non-hydrogen) atoms. The van der Waals surface area contributed by atoms with E-state index in [9.17, 15) is 19.2 Å². The van der Waals surface area contributed by atoms with Crippen molar-refractivity contribution in [3.8, 4) is 0 Å². The Labute approximate surface area is 194 Å². The first-order valence-corrected chi connectivity index (χ1v) is 10.2. The van der Waals surface area contributed by atoms with Gasteiger partial charge in [-0.15, -0.1) is 0 Å². The standard InChI is InChI=1S/C22H24N6O6/c1-13-9-17(27(3)25-13)23-19(29)11-33-21(31)15-5-7-16(8-6-15)22(32)34-12-20(30)24-18-10-14(2)26-28(18)4/h5-10H,11-12H2,1-4H3,(H,23,29)(H,24,30). The monoisotopic (exact) mass is 468 g/mol. The second kappa shape index (κ2) is 10.4. The van der Waals surface area contributed by atoms with Gasteiger partial charge in [-0.05, 0) is 38.1 Å². The molecule has 12 heteroatoms. The highest BCUT2D eigenvalue weighted by atomic mass is 16.5. The van der Waals surface area contributed by atoms with Crippen LogP contribution in [0, 0.1) is 13.8 Å². The topological polar surface area (TPSA) is 146 Å². The van der Waals surface area contributed by atoms with Gasteiger partial charge < -0.3 is 20.1 Å². The fourth-order valence-electron chi connectivity index (χ4n) is 2.98. The zero-order chi connectivity index (χ0) is 24.8. The van der Waals surface area contributed by atoms with Crippen molar-refractivity contribution in [3.05, 3.63) is 58.9 Å². The molecule has 0 bridgehead atoms. The maximum absolute atomic E-state index is 12.2. The SMILES string of the molecule is Cc1cc(NC(=O)COC(=O)c2ccc(C(=O)OCC(=O)Nc3cc(C)nn3C)cc2)n(C)n1. The second-order valence-corrected chi connectivity index (χ2v) is 7.42. The molecule has 0 unspecified atom stereocenters. The average molecular weight is 468 g/mol. The summed E-state index contributed by atoms with van der Waals surface area (Å²) in [5.41, 5.74) is 1.75. The van der Waals surface area contributed by atoms with E-state index >= 15 is 0 Å². The number of benzene rings is 1. The molecule has 2 N–H and O–H groups in total. The van der Waals surface area contributed by atoms with Crippen LogP contribution < -0.4 is 10.6 Å². The van der Waals surface area contributed by atoms with Gasteiger partial charge in [0.15, 0.2) is 13.2 Å². The van der Waals surface area contributed by atoms with Gasteiger partial charge in [0.2, 0.25) is 0 Å². The third-order valence-electron chi connectivity index (χ3n) is 4.56. The predicted octanol–water partition coefficient (Wildman–Crippen LogP) is 1.36. The van der Waals surface area contributed by atoms with Gasteiger partial charge in [0, 0.05) is 26.2 Å². The lowest BCUT2D eigenvalue weighted by molar-refractivity contribution is -0.119. The van der Waals surface area contributed by atoms with Crippen molar-refractivity contribution in [2.75, 3.05) is 23.8 Å². The fraction of sp³-hybridized carbons (Fsp3) is 0.273. The second-order valence-electron chi connectivity index (χ2n) is 7.42. The molecule has 0 saturated carbocycles. The summed E-state index contributed by atoms with van der Waals surface area (Å²) in [6, 6.07) is 8.81. The van der Waals surface area contributed by atoms with Gasteiger partial charge >= 0.3 is 11.9 Å². The minimum Gasteiger partial charge on any atom is -0.452 e. The first kappa shape index (κ1) is 24.2. The smallest absolute Gasteiger partial charge is 0.338 e. The zero-order valence-electron chi connectivity index (χ0n) is 19.1. The van der Waals surface area contributed by atoms with Gasteiger partial charge in [-0.3, -0.25) is 19.0 Å². The molecule has 178 valence electrons. The molecule has 2 heterocycles. The fourth-order valence-corrected chi connectivity index (χ4v) is 2.98. The minimum atomic E-state index is -0.734. The normalized spacial score (nSPS) is 10.5. The van der Waals surface area contributed by atoms with E-state index in [4.69, 9.17) is 9.47 Å². The molecule has 0 spiro atoms. The number of hydrogen-bond donors (Lipinski definition) is 2. The summed E-state index contributed by atoms with van der Waals surface area (Å²) in [6.07, 6.45) is 0. The number of aryl methyl sites for hydroxylation is 4. The van der Waals surface area contributed by atoms with E-state index in [1.807, 2.05) is 0 Å². The third-order valence-corrected chi connectivity index (χ3v) is 4.56. The van der Waals surface area contributed by atoms with Gasteiger partial charge in [0.05, 0.1) is 22.5 Å². The van der Waals surface area contributed by atoms with Gasteiger partial charge in [0.1, 0.15) is 11.6 Å². The van der Waals surface area contributed by atoms with Crippen LogP contribution in [0.15, 0.2) is 36.4 Å². The molecular formula is C22H24N6O6. The van der Waals surface area contributed by atoms with Crippen molar-refractivity contribution in [1.29, 1.82) is 0 Å². The molecule has 0 atom stereocenters. The van der Waals surface area contributed by atoms with Crippen molar-refractivity contribution in [3.63, 3.8) is 0 Å². The lowest BCUT2D eigenvalue weighted by Gasteiger charge is -2.08. The van der Waals surface area contributed by atoms with Crippen molar-refractivity contribution in [1.82, 2.24) is 19.6 Å².